The minimum atomic E-state index is -0.198. The monoisotopic (exact) mass is 661 g/mol. The van der Waals surface area contributed by atoms with Crippen molar-refractivity contribution in [1.82, 2.24) is 9.66 Å². The van der Waals surface area contributed by atoms with Gasteiger partial charge in [-0.1, -0.05) is 72.3 Å². The Labute approximate surface area is 256 Å². The van der Waals surface area contributed by atoms with Gasteiger partial charge in [0, 0.05) is 16.0 Å². The van der Waals surface area contributed by atoms with E-state index in [1.807, 2.05) is 31.2 Å². The van der Waals surface area contributed by atoms with Crippen molar-refractivity contribution in [3.05, 3.63) is 95.4 Å². The Morgan fingerprint density at radius 3 is 2.58 bits per heavy atom. The van der Waals surface area contributed by atoms with E-state index in [-0.39, 0.29) is 18.1 Å². The molecule has 208 valence electrons. The second-order valence-electron chi connectivity index (χ2n) is 9.57. The second-order valence-corrected chi connectivity index (χ2v) is 11.6. The van der Waals surface area contributed by atoms with Crippen molar-refractivity contribution in [3.8, 4) is 11.5 Å². The molecule has 40 heavy (non-hydrogen) atoms. The first-order chi connectivity index (χ1) is 19.4. The van der Waals surface area contributed by atoms with Crippen molar-refractivity contribution in [3.63, 3.8) is 0 Å². The van der Waals surface area contributed by atoms with Crippen LogP contribution in [0.15, 0.2) is 62.9 Å². The third-order valence-corrected chi connectivity index (χ3v) is 9.07. The van der Waals surface area contributed by atoms with E-state index in [9.17, 15) is 4.79 Å². The van der Waals surface area contributed by atoms with Crippen LogP contribution in [-0.2, 0) is 6.61 Å². The normalized spacial score (nSPS) is 14.2. The Kier molecular flexibility index (Phi) is 9.36. The maximum absolute atomic E-state index is 13.6. The fourth-order valence-electron chi connectivity index (χ4n) is 4.88. The van der Waals surface area contributed by atoms with Crippen molar-refractivity contribution in [2.24, 2.45) is 5.10 Å². The second kappa shape index (κ2) is 12.9. The Balaban J connectivity index is 1.52. The average Bonchev–Trinajstić information content (AvgIpc) is 2.97. The van der Waals surface area contributed by atoms with Gasteiger partial charge in [0.2, 0.25) is 0 Å². The van der Waals surface area contributed by atoms with Crippen molar-refractivity contribution >= 4 is 67.9 Å². The maximum atomic E-state index is 13.6. The lowest BCUT2D eigenvalue weighted by Gasteiger charge is -2.22. The molecule has 1 aliphatic carbocycles. The Hall–Kier alpha value is -2.58. The van der Waals surface area contributed by atoms with Gasteiger partial charge in [-0.25, -0.2) is 4.98 Å². The highest BCUT2D eigenvalue weighted by Crippen LogP contribution is 2.43. The molecule has 1 aromatic heterocycles. The predicted molar refractivity (Wildman–Crippen MR) is 166 cm³/mol. The summed E-state index contributed by atoms with van der Waals surface area (Å²) in [5, 5.41) is 6.41. The number of benzene rings is 3. The fourth-order valence-corrected chi connectivity index (χ4v) is 5.85. The largest absolute Gasteiger partial charge is 0.490 e. The summed E-state index contributed by atoms with van der Waals surface area (Å²) in [4.78, 5) is 18.4. The zero-order valence-corrected chi connectivity index (χ0v) is 25.7. The van der Waals surface area contributed by atoms with E-state index in [2.05, 4.69) is 21.0 Å². The van der Waals surface area contributed by atoms with E-state index >= 15 is 0 Å². The van der Waals surface area contributed by atoms with E-state index in [0.717, 1.165) is 31.2 Å². The molecular formula is C30H27BrCl3N3O3. The molecule has 0 radical (unpaired) electrons. The smallest absolute Gasteiger partial charge is 0.282 e. The van der Waals surface area contributed by atoms with Crippen LogP contribution in [0.5, 0.6) is 11.5 Å². The van der Waals surface area contributed by atoms with Gasteiger partial charge in [-0.05, 0) is 71.6 Å². The highest BCUT2D eigenvalue weighted by atomic mass is 79.9. The van der Waals surface area contributed by atoms with Gasteiger partial charge in [0.05, 0.1) is 33.8 Å². The standard InChI is InChI=1S/C30H27BrCl3N3O3/c1-2-39-25-15-20(26(31)27(34)28(25)40-17-18-12-13-22(32)23(33)14-18)16-35-37-29(19-8-4-3-5-9-19)36-24-11-7-6-10-21(24)30(37)38/h6-7,10-16,19H,2-5,8-9,17H2,1H3. The number of nitrogens with zero attached hydrogens (tertiary/aromatic N) is 3. The summed E-state index contributed by atoms with van der Waals surface area (Å²) in [5.41, 5.74) is 1.94. The number of rotatable bonds is 8. The average molecular weight is 664 g/mol. The fraction of sp³-hybridized carbons (Fsp3) is 0.300. The molecule has 0 saturated heterocycles. The molecule has 1 heterocycles. The Morgan fingerprint density at radius 2 is 1.82 bits per heavy atom. The summed E-state index contributed by atoms with van der Waals surface area (Å²) >= 11 is 22.5. The maximum Gasteiger partial charge on any atom is 0.282 e. The molecule has 1 aliphatic rings. The summed E-state index contributed by atoms with van der Waals surface area (Å²) in [5.74, 6) is 1.69. The van der Waals surface area contributed by atoms with Crippen LogP contribution < -0.4 is 15.0 Å². The summed E-state index contributed by atoms with van der Waals surface area (Å²) in [6.45, 7) is 2.49. The minimum Gasteiger partial charge on any atom is -0.490 e. The number of hydrogen-bond donors (Lipinski definition) is 0. The van der Waals surface area contributed by atoms with E-state index in [0.29, 0.717) is 59.9 Å². The zero-order chi connectivity index (χ0) is 28.2. The molecule has 0 atom stereocenters. The van der Waals surface area contributed by atoms with Crippen LogP contribution in [0.25, 0.3) is 10.9 Å². The quantitative estimate of drug-likeness (QED) is 0.177. The predicted octanol–water partition coefficient (Wildman–Crippen LogP) is 9.03. The zero-order valence-electron chi connectivity index (χ0n) is 21.8. The number of para-hydroxylation sites is 1. The molecule has 0 unspecified atom stereocenters. The van der Waals surface area contributed by atoms with E-state index in [1.165, 1.54) is 11.1 Å². The lowest BCUT2D eigenvalue weighted by atomic mass is 9.88. The van der Waals surface area contributed by atoms with Gasteiger partial charge in [-0.2, -0.15) is 9.78 Å². The van der Waals surface area contributed by atoms with Gasteiger partial charge in [-0.15, -0.1) is 0 Å². The number of hydrogen-bond acceptors (Lipinski definition) is 5. The van der Waals surface area contributed by atoms with Crippen LogP contribution >= 0.6 is 50.7 Å². The van der Waals surface area contributed by atoms with Crippen molar-refractivity contribution < 1.29 is 9.47 Å². The highest BCUT2D eigenvalue weighted by Gasteiger charge is 2.23. The van der Waals surface area contributed by atoms with Crippen LogP contribution in [0.3, 0.4) is 0 Å². The van der Waals surface area contributed by atoms with Crippen molar-refractivity contribution in [2.45, 2.75) is 51.6 Å². The number of fused-ring (bicyclic) bond motifs is 1. The van der Waals surface area contributed by atoms with Gasteiger partial charge < -0.3 is 9.47 Å². The summed E-state index contributed by atoms with van der Waals surface area (Å²) in [7, 11) is 0. The van der Waals surface area contributed by atoms with Gasteiger partial charge in [0.1, 0.15) is 17.5 Å². The molecule has 6 nitrogen and oxygen atoms in total. The first-order valence-electron chi connectivity index (χ1n) is 13.1. The van der Waals surface area contributed by atoms with E-state index < -0.39 is 0 Å². The van der Waals surface area contributed by atoms with Gasteiger partial charge in [-0.3, -0.25) is 4.79 Å². The molecule has 3 aromatic carbocycles. The molecule has 0 bridgehead atoms. The van der Waals surface area contributed by atoms with Crippen LogP contribution in [0.4, 0.5) is 0 Å². The van der Waals surface area contributed by atoms with E-state index in [4.69, 9.17) is 49.3 Å². The molecule has 0 amide bonds. The molecule has 1 fully saturated rings. The topological polar surface area (TPSA) is 65.7 Å². The van der Waals surface area contributed by atoms with Crippen LogP contribution in [-0.4, -0.2) is 22.5 Å². The number of aromatic nitrogens is 2. The molecular weight excluding hydrogens is 637 g/mol. The minimum absolute atomic E-state index is 0.173. The molecule has 10 heteroatoms. The summed E-state index contributed by atoms with van der Waals surface area (Å²) in [6.07, 6.45) is 6.98. The van der Waals surface area contributed by atoms with E-state index in [1.54, 1.807) is 30.5 Å². The molecule has 1 saturated carbocycles. The Morgan fingerprint density at radius 1 is 1.05 bits per heavy atom. The summed E-state index contributed by atoms with van der Waals surface area (Å²) in [6, 6.07) is 14.5. The molecule has 4 aromatic rings. The molecule has 0 spiro atoms. The SMILES string of the molecule is CCOc1cc(C=Nn2c(C3CCCCC3)nc3ccccc3c2=O)c(Br)c(Cl)c1OCc1ccc(Cl)c(Cl)c1. The highest BCUT2D eigenvalue weighted by molar-refractivity contribution is 9.10. The van der Waals surface area contributed by atoms with Gasteiger partial charge in [0.25, 0.3) is 5.56 Å². The van der Waals surface area contributed by atoms with Crippen LogP contribution in [0.1, 0.15) is 61.9 Å². The molecule has 5 rings (SSSR count). The van der Waals surface area contributed by atoms with Crippen LogP contribution in [0.2, 0.25) is 15.1 Å². The first-order valence-corrected chi connectivity index (χ1v) is 15.1. The van der Waals surface area contributed by atoms with Gasteiger partial charge >= 0.3 is 0 Å². The third-order valence-electron chi connectivity index (χ3n) is 6.88. The number of ether oxygens (including phenoxy) is 2. The van der Waals surface area contributed by atoms with Gasteiger partial charge in [0.15, 0.2) is 11.5 Å². The lowest BCUT2D eigenvalue weighted by molar-refractivity contribution is 0.269. The molecule has 0 aliphatic heterocycles. The van der Waals surface area contributed by atoms with Crippen molar-refractivity contribution in [1.29, 1.82) is 0 Å². The first kappa shape index (κ1) is 28.9. The number of halogens is 4. The molecule has 0 N–H and O–H groups in total. The Bertz CT molecular complexity index is 1630. The summed E-state index contributed by atoms with van der Waals surface area (Å²) < 4.78 is 13.9. The lowest BCUT2D eigenvalue weighted by Crippen LogP contribution is -2.25. The van der Waals surface area contributed by atoms with Crippen molar-refractivity contribution in [2.75, 3.05) is 6.61 Å². The van der Waals surface area contributed by atoms with Crippen LogP contribution in [0, 0.1) is 0 Å². The third kappa shape index (κ3) is 6.18.